The van der Waals surface area contributed by atoms with Crippen LogP contribution in [-0.4, -0.2) is 24.3 Å². The van der Waals surface area contributed by atoms with E-state index in [0.29, 0.717) is 6.42 Å². The van der Waals surface area contributed by atoms with Gasteiger partial charge in [-0.25, -0.2) is 0 Å². The molecular weight excluding hydrogens is 156 g/mol. The zero-order valence-electron chi connectivity index (χ0n) is 7.88. The molecule has 0 aromatic carbocycles. The molecule has 0 aromatic rings. The Morgan fingerprint density at radius 3 is 2.58 bits per heavy atom. The molecule has 0 radical (unpaired) electrons. The molecule has 1 N–H and O–H groups in total. The van der Waals surface area contributed by atoms with E-state index in [1.807, 2.05) is 0 Å². The van der Waals surface area contributed by atoms with Gasteiger partial charge in [0.05, 0.1) is 6.10 Å². The Morgan fingerprint density at radius 2 is 2.17 bits per heavy atom. The second-order valence-corrected chi connectivity index (χ2v) is 2.93. The number of aliphatic carboxylic acids is 1. The molecule has 0 heterocycles. The van der Waals surface area contributed by atoms with Crippen molar-refractivity contribution in [3.05, 3.63) is 0 Å². The lowest BCUT2D eigenvalue weighted by Gasteiger charge is -2.12. The molecule has 0 fully saturated rings. The van der Waals surface area contributed by atoms with Crippen molar-refractivity contribution in [2.45, 2.75) is 45.1 Å². The Labute approximate surface area is 73.7 Å². The summed E-state index contributed by atoms with van der Waals surface area (Å²) < 4.78 is 5.18. The molecule has 0 aliphatic carbocycles. The molecule has 1 unspecified atom stereocenters. The Bertz CT molecular complexity index is 123. The highest BCUT2D eigenvalue weighted by molar-refractivity contribution is 5.66. The van der Waals surface area contributed by atoms with E-state index in [9.17, 15) is 4.79 Å². The number of ether oxygens (including phenoxy) is 1. The van der Waals surface area contributed by atoms with Crippen molar-refractivity contribution >= 4 is 5.97 Å². The van der Waals surface area contributed by atoms with Gasteiger partial charge in [-0.3, -0.25) is 4.79 Å². The number of carbonyl (C=O) groups is 1. The summed E-state index contributed by atoms with van der Waals surface area (Å²) in [5, 5.41) is 8.39. The maximum Gasteiger partial charge on any atom is 0.303 e. The molecule has 12 heavy (non-hydrogen) atoms. The average Bonchev–Trinajstić information content (AvgIpc) is 2.02. The minimum Gasteiger partial charge on any atom is -0.481 e. The van der Waals surface area contributed by atoms with Crippen LogP contribution in [0.1, 0.15) is 39.0 Å². The molecule has 3 heteroatoms. The third-order valence-electron chi connectivity index (χ3n) is 1.86. The van der Waals surface area contributed by atoms with Crippen molar-refractivity contribution in [1.29, 1.82) is 0 Å². The second kappa shape index (κ2) is 7.10. The zero-order chi connectivity index (χ0) is 9.40. The van der Waals surface area contributed by atoms with E-state index in [1.54, 1.807) is 7.11 Å². The monoisotopic (exact) mass is 174 g/mol. The van der Waals surface area contributed by atoms with Gasteiger partial charge < -0.3 is 9.84 Å². The fourth-order valence-corrected chi connectivity index (χ4v) is 1.18. The number of hydrogen-bond donors (Lipinski definition) is 1. The molecule has 0 saturated heterocycles. The summed E-state index contributed by atoms with van der Waals surface area (Å²) in [6.07, 6.45) is 4.18. The normalized spacial score (nSPS) is 12.8. The van der Waals surface area contributed by atoms with Gasteiger partial charge in [-0.05, 0) is 19.3 Å². The van der Waals surface area contributed by atoms with Crippen LogP contribution in [0.2, 0.25) is 0 Å². The number of carboxylic acids is 1. The van der Waals surface area contributed by atoms with Gasteiger partial charge in [0, 0.05) is 13.5 Å². The van der Waals surface area contributed by atoms with Gasteiger partial charge in [-0.15, -0.1) is 0 Å². The van der Waals surface area contributed by atoms with Crippen LogP contribution in [0.25, 0.3) is 0 Å². The Morgan fingerprint density at radius 1 is 1.50 bits per heavy atom. The Kier molecular flexibility index (Phi) is 6.76. The minimum absolute atomic E-state index is 0.245. The molecule has 0 spiro atoms. The average molecular weight is 174 g/mol. The van der Waals surface area contributed by atoms with E-state index in [4.69, 9.17) is 9.84 Å². The lowest BCUT2D eigenvalue weighted by atomic mass is 10.1. The van der Waals surface area contributed by atoms with Crippen LogP contribution in [0.3, 0.4) is 0 Å². The topological polar surface area (TPSA) is 46.5 Å². The van der Waals surface area contributed by atoms with E-state index in [0.717, 1.165) is 19.3 Å². The Balaban J connectivity index is 3.37. The van der Waals surface area contributed by atoms with Crippen LogP contribution < -0.4 is 0 Å². The van der Waals surface area contributed by atoms with Gasteiger partial charge in [0.2, 0.25) is 0 Å². The Hall–Kier alpha value is -0.570. The van der Waals surface area contributed by atoms with Gasteiger partial charge in [-0.1, -0.05) is 13.3 Å². The fraction of sp³-hybridized carbons (Fsp3) is 0.889. The smallest absolute Gasteiger partial charge is 0.303 e. The van der Waals surface area contributed by atoms with Crippen LogP contribution in [0.4, 0.5) is 0 Å². The molecule has 0 rings (SSSR count). The minimum atomic E-state index is -0.721. The highest BCUT2D eigenvalue weighted by Crippen LogP contribution is 2.09. The maximum atomic E-state index is 10.2. The van der Waals surface area contributed by atoms with E-state index < -0.39 is 5.97 Å². The van der Waals surface area contributed by atoms with Crippen LogP contribution >= 0.6 is 0 Å². The number of rotatable bonds is 7. The van der Waals surface area contributed by atoms with E-state index in [-0.39, 0.29) is 12.5 Å². The van der Waals surface area contributed by atoms with Crippen LogP contribution in [0.5, 0.6) is 0 Å². The highest BCUT2D eigenvalue weighted by atomic mass is 16.5. The van der Waals surface area contributed by atoms with Crippen LogP contribution in [0, 0.1) is 0 Å². The first-order valence-electron chi connectivity index (χ1n) is 4.45. The summed E-state index contributed by atoms with van der Waals surface area (Å²) >= 11 is 0. The number of carboxylic acid groups (broad SMARTS) is 1. The van der Waals surface area contributed by atoms with Crippen LogP contribution in [-0.2, 0) is 9.53 Å². The van der Waals surface area contributed by atoms with Crippen molar-refractivity contribution in [1.82, 2.24) is 0 Å². The molecule has 0 bridgehead atoms. The molecule has 72 valence electrons. The summed E-state index contributed by atoms with van der Waals surface area (Å²) in [4.78, 5) is 10.2. The molecule has 0 aliphatic heterocycles. The van der Waals surface area contributed by atoms with Gasteiger partial charge >= 0.3 is 5.97 Å². The molecule has 0 saturated carbocycles. The van der Waals surface area contributed by atoms with E-state index in [2.05, 4.69) is 6.92 Å². The molecule has 0 amide bonds. The van der Waals surface area contributed by atoms with Gasteiger partial charge in [0.1, 0.15) is 0 Å². The molecule has 0 aliphatic rings. The summed E-state index contributed by atoms with van der Waals surface area (Å²) in [5.41, 5.74) is 0. The van der Waals surface area contributed by atoms with Gasteiger partial charge in [-0.2, -0.15) is 0 Å². The lowest BCUT2D eigenvalue weighted by molar-refractivity contribution is -0.137. The van der Waals surface area contributed by atoms with E-state index in [1.165, 1.54) is 0 Å². The largest absolute Gasteiger partial charge is 0.481 e. The van der Waals surface area contributed by atoms with Crippen molar-refractivity contribution in [3.8, 4) is 0 Å². The molecular formula is C9H18O3. The third-order valence-corrected chi connectivity index (χ3v) is 1.86. The first-order valence-corrected chi connectivity index (χ1v) is 4.45. The maximum absolute atomic E-state index is 10.2. The predicted octanol–water partition coefficient (Wildman–Crippen LogP) is 2.06. The van der Waals surface area contributed by atoms with Gasteiger partial charge in [0.25, 0.3) is 0 Å². The summed E-state index contributed by atoms with van der Waals surface area (Å²) in [6.45, 7) is 2.10. The van der Waals surface area contributed by atoms with E-state index >= 15 is 0 Å². The molecule has 1 atom stereocenters. The second-order valence-electron chi connectivity index (χ2n) is 2.93. The highest BCUT2D eigenvalue weighted by Gasteiger charge is 2.06. The van der Waals surface area contributed by atoms with Crippen molar-refractivity contribution < 1.29 is 14.6 Å². The summed E-state index contributed by atoms with van der Waals surface area (Å²) in [5.74, 6) is -0.721. The first kappa shape index (κ1) is 11.4. The SMILES string of the molecule is CCCC(CCCC(=O)O)OC. The molecule has 0 aromatic heterocycles. The first-order chi connectivity index (χ1) is 5.70. The number of hydrogen-bond acceptors (Lipinski definition) is 2. The number of methoxy groups -OCH3 is 1. The van der Waals surface area contributed by atoms with Crippen LogP contribution in [0.15, 0.2) is 0 Å². The summed E-state index contributed by atoms with van der Waals surface area (Å²) in [6, 6.07) is 0. The van der Waals surface area contributed by atoms with Crippen molar-refractivity contribution in [3.63, 3.8) is 0 Å². The van der Waals surface area contributed by atoms with Gasteiger partial charge in [0.15, 0.2) is 0 Å². The van der Waals surface area contributed by atoms with Crippen molar-refractivity contribution in [2.75, 3.05) is 7.11 Å². The third kappa shape index (κ3) is 6.16. The zero-order valence-corrected chi connectivity index (χ0v) is 7.88. The predicted molar refractivity (Wildman–Crippen MR) is 47.2 cm³/mol. The quantitative estimate of drug-likeness (QED) is 0.642. The fourth-order valence-electron chi connectivity index (χ4n) is 1.18. The molecule has 3 nitrogen and oxygen atoms in total. The standard InChI is InChI=1S/C9H18O3/c1-3-5-8(12-2)6-4-7-9(10)11/h8H,3-7H2,1-2H3,(H,10,11). The van der Waals surface area contributed by atoms with Crippen molar-refractivity contribution in [2.24, 2.45) is 0 Å². The summed E-state index contributed by atoms with van der Waals surface area (Å²) in [7, 11) is 1.68. The lowest BCUT2D eigenvalue weighted by Crippen LogP contribution is -2.10.